The lowest BCUT2D eigenvalue weighted by atomic mass is 9.91. The maximum Gasteiger partial charge on any atom is 0.249 e. The van der Waals surface area contributed by atoms with Crippen molar-refractivity contribution in [2.75, 3.05) is 19.6 Å². The number of sulfonamides is 1. The zero-order valence-corrected chi connectivity index (χ0v) is 16.0. The molecule has 138 valence electrons. The molecule has 0 saturated carbocycles. The van der Waals surface area contributed by atoms with Gasteiger partial charge in [0.1, 0.15) is 10.6 Å². The number of piperazine rings is 1. The van der Waals surface area contributed by atoms with E-state index in [2.05, 4.69) is 5.16 Å². The summed E-state index contributed by atoms with van der Waals surface area (Å²) < 4.78 is 32.5. The molecule has 0 aliphatic carbocycles. The van der Waals surface area contributed by atoms with Crippen LogP contribution in [0.3, 0.4) is 0 Å². The van der Waals surface area contributed by atoms with Crippen LogP contribution in [0, 0.1) is 13.8 Å². The monoisotopic (exact) mass is 395 g/mol. The van der Waals surface area contributed by atoms with Gasteiger partial charge >= 0.3 is 0 Å². The van der Waals surface area contributed by atoms with Crippen LogP contribution in [0.2, 0.25) is 5.02 Å². The summed E-state index contributed by atoms with van der Waals surface area (Å²) in [6.45, 7) is 3.72. The van der Waals surface area contributed by atoms with Gasteiger partial charge in [0, 0.05) is 18.1 Å². The van der Waals surface area contributed by atoms with Crippen LogP contribution in [0.25, 0.3) is 0 Å². The summed E-state index contributed by atoms with van der Waals surface area (Å²) in [7, 11) is -3.88. The zero-order chi connectivity index (χ0) is 18.6. The number of amides is 1. The fourth-order valence-corrected chi connectivity index (χ4v) is 5.69. The molecule has 4 rings (SSSR count). The van der Waals surface area contributed by atoms with Gasteiger partial charge in [0.05, 0.1) is 12.6 Å². The first-order valence-electron chi connectivity index (χ1n) is 8.30. The molecule has 0 N–H and O–H groups in total. The fourth-order valence-electron chi connectivity index (χ4n) is 3.82. The van der Waals surface area contributed by atoms with Gasteiger partial charge in [0.15, 0.2) is 5.76 Å². The van der Waals surface area contributed by atoms with Crippen molar-refractivity contribution >= 4 is 27.5 Å². The lowest BCUT2D eigenvalue weighted by molar-refractivity contribution is -0.138. The van der Waals surface area contributed by atoms with Crippen LogP contribution in [0.5, 0.6) is 0 Å². The molecule has 9 heteroatoms. The quantitative estimate of drug-likeness (QED) is 0.777. The molecule has 1 fully saturated rings. The van der Waals surface area contributed by atoms with Gasteiger partial charge in [-0.05, 0) is 43.5 Å². The third-order valence-electron chi connectivity index (χ3n) is 5.04. The molecule has 0 spiro atoms. The number of fused-ring (bicyclic) bond motifs is 3. The first kappa shape index (κ1) is 17.5. The van der Waals surface area contributed by atoms with Crippen molar-refractivity contribution in [1.29, 1.82) is 0 Å². The minimum atomic E-state index is -3.88. The van der Waals surface area contributed by atoms with E-state index in [4.69, 9.17) is 16.1 Å². The molecule has 26 heavy (non-hydrogen) atoms. The molecule has 1 unspecified atom stereocenters. The van der Waals surface area contributed by atoms with Crippen molar-refractivity contribution < 1.29 is 17.7 Å². The summed E-state index contributed by atoms with van der Waals surface area (Å²) in [4.78, 5) is 14.5. The summed E-state index contributed by atoms with van der Waals surface area (Å²) in [6.07, 6.45) is 0.741. The topological polar surface area (TPSA) is 83.7 Å². The van der Waals surface area contributed by atoms with Crippen molar-refractivity contribution in [3.05, 3.63) is 45.8 Å². The van der Waals surface area contributed by atoms with E-state index in [0.29, 0.717) is 17.3 Å². The lowest BCUT2D eigenvalue weighted by Crippen LogP contribution is -2.55. The summed E-state index contributed by atoms with van der Waals surface area (Å²) in [5.74, 6) is 0.0201. The van der Waals surface area contributed by atoms with E-state index in [1.807, 2.05) is 18.2 Å². The Morgan fingerprint density at radius 2 is 2.08 bits per heavy atom. The Balaban J connectivity index is 1.75. The average molecular weight is 396 g/mol. The van der Waals surface area contributed by atoms with Crippen LogP contribution in [-0.2, 0) is 21.2 Å². The van der Waals surface area contributed by atoms with Gasteiger partial charge in [-0.1, -0.05) is 22.8 Å². The summed E-state index contributed by atoms with van der Waals surface area (Å²) in [5.41, 5.74) is 2.31. The first-order chi connectivity index (χ1) is 12.3. The van der Waals surface area contributed by atoms with Crippen molar-refractivity contribution in [3.63, 3.8) is 0 Å². The van der Waals surface area contributed by atoms with Crippen molar-refractivity contribution in [2.45, 2.75) is 31.2 Å². The van der Waals surface area contributed by atoms with Crippen molar-refractivity contribution in [2.24, 2.45) is 0 Å². The second kappa shape index (κ2) is 6.07. The van der Waals surface area contributed by atoms with Crippen LogP contribution < -0.4 is 0 Å². The molecule has 1 amide bonds. The largest absolute Gasteiger partial charge is 0.360 e. The van der Waals surface area contributed by atoms with E-state index in [9.17, 15) is 13.2 Å². The number of hydrogen-bond donors (Lipinski definition) is 0. The maximum atomic E-state index is 13.1. The molecule has 1 aromatic heterocycles. The van der Waals surface area contributed by atoms with Gasteiger partial charge in [-0.15, -0.1) is 0 Å². The highest BCUT2D eigenvalue weighted by Crippen LogP contribution is 2.36. The van der Waals surface area contributed by atoms with E-state index in [0.717, 1.165) is 17.5 Å². The molecule has 3 heterocycles. The Hall–Kier alpha value is -1.90. The van der Waals surface area contributed by atoms with Crippen LogP contribution >= 0.6 is 11.6 Å². The summed E-state index contributed by atoms with van der Waals surface area (Å²) >= 11 is 6.14. The predicted molar refractivity (Wildman–Crippen MR) is 94.3 cm³/mol. The number of rotatable bonds is 2. The molecule has 1 aromatic carbocycles. The number of nitrogens with zero attached hydrogens (tertiary/aromatic N) is 3. The Labute approximate surface area is 156 Å². The van der Waals surface area contributed by atoms with Gasteiger partial charge in [-0.25, -0.2) is 8.42 Å². The molecular weight excluding hydrogens is 378 g/mol. The Bertz CT molecular complexity index is 982. The number of carbonyl (C=O) groups excluding carboxylic acids is 1. The fraction of sp³-hybridized carbons (Fsp3) is 0.412. The smallest absolute Gasteiger partial charge is 0.249 e. The molecule has 1 saturated heterocycles. The molecule has 2 aromatic rings. The van der Waals surface area contributed by atoms with Gasteiger partial charge in [-0.3, -0.25) is 4.79 Å². The minimum Gasteiger partial charge on any atom is -0.360 e. The maximum absolute atomic E-state index is 13.1. The third-order valence-corrected chi connectivity index (χ3v) is 7.33. The Morgan fingerprint density at radius 3 is 2.77 bits per heavy atom. The number of aryl methyl sites for hydroxylation is 2. The van der Waals surface area contributed by atoms with Crippen molar-refractivity contribution in [3.8, 4) is 0 Å². The number of halogens is 1. The zero-order valence-electron chi connectivity index (χ0n) is 14.4. The molecule has 7 nitrogen and oxygen atoms in total. The van der Waals surface area contributed by atoms with Crippen LogP contribution in [-0.4, -0.2) is 48.3 Å². The highest BCUT2D eigenvalue weighted by atomic mass is 35.5. The molecule has 0 radical (unpaired) electrons. The van der Waals surface area contributed by atoms with E-state index in [1.54, 1.807) is 18.7 Å². The van der Waals surface area contributed by atoms with Crippen LogP contribution in [0.1, 0.15) is 28.6 Å². The Morgan fingerprint density at radius 1 is 1.31 bits per heavy atom. The van der Waals surface area contributed by atoms with Gasteiger partial charge in [-0.2, -0.15) is 4.31 Å². The second-order valence-electron chi connectivity index (χ2n) is 6.65. The average Bonchev–Trinajstić information content (AvgIpc) is 2.93. The highest BCUT2D eigenvalue weighted by Gasteiger charge is 2.43. The Kier molecular flexibility index (Phi) is 4.09. The second-order valence-corrected chi connectivity index (χ2v) is 8.96. The van der Waals surface area contributed by atoms with E-state index >= 15 is 0 Å². The lowest BCUT2D eigenvalue weighted by Gasteiger charge is -2.44. The van der Waals surface area contributed by atoms with Gasteiger partial charge in [0.2, 0.25) is 15.9 Å². The van der Waals surface area contributed by atoms with E-state index in [1.165, 1.54) is 4.31 Å². The van der Waals surface area contributed by atoms with Crippen LogP contribution in [0.15, 0.2) is 27.6 Å². The van der Waals surface area contributed by atoms with E-state index in [-0.39, 0.29) is 35.7 Å². The first-order valence-corrected chi connectivity index (χ1v) is 10.1. The minimum absolute atomic E-state index is 0.0425. The predicted octanol–water partition coefficient (Wildman–Crippen LogP) is 2.08. The molecule has 1 atom stereocenters. The number of aromatic nitrogens is 1. The summed E-state index contributed by atoms with van der Waals surface area (Å²) in [6, 6.07) is 5.25. The summed E-state index contributed by atoms with van der Waals surface area (Å²) in [5, 5.41) is 4.30. The SMILES string of the molecule is Cc1noc(C)c1S(=O)(=O)N1CC(=O)N2CCc3ccc(Cl)cc3C2C1. The van der Waals surface area contributed by atoms with Crippen molar-refractivity contribution in [1.82, 2.24) is 14.4 Å². The standard InChI is InChI=1S/C17H18ClN3O4S/c1-10-17(11(2)25-19-10)26(23,24)20-8-15-14-7-13(18)4-3-12(14)5-6-21(15)16(22)9-20/h3-4,7,15H,5-6,8-9H2,1-2H3. The molecule has 2 aliphatic rings. The van der Waals surface area contributed by atoms with Crippen LogP contribution in [0.4, 0.5) is 0 Å². The molecular formula is C17H18ClN3O4S. The number of carbonyl (C=O) groups is 1. The highest BCUT2D eigenvalue weighted by molar-refractivity contribution is 7.89. The third kappa shape index (κ3) is 2.64. The van der Waals surface area contributed by atoms with Gasteiger partial charge < -0.3 is 9.42 Å². The van der Waals surface area contributed by atoms with E-state index < -0.39 is 10.0 Å². The molecule has 0 bridgehead atoms. The normalized spacial score (nSPS) is 20.8. The van der Waals surface area contributed by atoms with Gasteiger partial charge in [0.25, 0.3) is 0 Å². The number of hydrogen-bond acceptors (Lipinski definition) is 5. The molecule has 2 aliphatic heterocycles. The number of benzene rings is 1.